The summed E-state index contributed by atoms with van der Waals surface area (Å²) in [6.45, 7) is 1.88. The van der Waals surface area contributed by atoms with Gasteiger partial charge < -0.3 is 11.1 Å². The fraction of sp³-hybridized carbons (Fsp3) is 0.143. The van der Waals surface area contributed by atoms with Crippen molar-refractivity contribution in [2.45, 2.75) is 6.92 Å². The Hall–Kier alpha value is -2.05. The Labute approximate surface area is 130 Å². The van der Waals surface area contributed by atoms with Crippen LogP contribution in [0.25, 0.3) is 10.2 Å². The van der Waals surface area contributed by atoms with Crippen LogP contribution in [0.1, 0.15) is 15.4 Å². The molecule has 108 valence electrons. The molecule has 0 aliphatic carbocycles. The number of anilines is 2. The van der Waals surface area contributed by atoms with Gasteiger partial charge in [0.2, 0.25) is 0 Å². The van der Waals surface area contributed by atoms with E-state index in [-0.39, 0.29) is 5.91 Å². The molecule has 2 aromatic heterocycles. The van der Waals surface area contributed by atoms with E-state index in [0.717, 1.165) is 15.9 Å². The molecule has 0 bridgehead atoms. The molecule has 21 heavy (non-hydrogen) atoms. The van der Waals surface area contributed by atoms with Crippen molar-refractivity contribution in [1.29, 1.82) is 0 Å². The first-order valence-corrected chi connectivity index (χ1v) is 7.45. The van der Waals surface area contributed by atoms with Crippen LogP contribution in [0, 0.1) is 6.92 Å². The quantitative estimate of drug-likeness (QED) is 0.759. The molecule has 3 N–H and O–H groups in total. The summed E-state index contributed by atoms with van der Waals surface area (Å²) in [5.41, 5.74) is 8.09. The predicted octanol–water partition coefficient (Wildman–Crippen LogP) is 3.43. The zero-order valence-corrected chi connectivity index (χ0v) is 13.0. The molecule has 5 nitrogen and oxygen atoms in total. The molecule has 0 aliphatic heterocycles. The van der Waals surface area contributed by atoms with E-state index >= 15 is 0 Å². The Morgan fingerprint density at radius 2 is 2.05 bits per heavy atom. The van der Waals surface area contributed by atoms with Crippen LogP contribution >= 0.6 is 22.9 Å². The maximum Gasteiger partial charge on any atom is 0.267 e. The summed E-state index contributed by atoms with van der Waals surface area (Å²) in [4.78, 5) is 13.8. The third-order valence-corrected chi connectivity index (χ3v) is 4.71. The SMILES string of the molecule is Cc1nn(C)c2sc(C(=O)Nc3ccc(Cl)cc3)c(N)c12. The predicted molar refractivity (Wildman–Crippen MR) is 87.1 cm³/mol. The number of aryl methyl sites for hydroxylation is 2. The zero-order chi connectivity index (χ0) is 15.1. The molecular weight excluding hydrogens is 308 g/mol. The van der Waals surface area contributed by atoms with Gasteiger partial charge in [0.1, 0.15) is 9.71 Å². The summed E-state index contributed by atoms with van der Waals surface area (Å²) in [5.74, 6) is -0.226. The van der Waals surface area contributed by atoms with Crippen LogP contribution in [0.5, 0.6) is 0 Å². The first-order valence-electron chi connectivity index (χ1n) is 6.26. The highest BCUT2D eigenvalue weighted by atomic mass is 35.5. The van der Waals surface area contributed by atoms with Gasteiger partial charge in [0.05, 0.1) is 16.8 Å². The zero-order valence-electron chi connectivity index (χ0n) is 11.5. The first kappa shape index (κ1) is 13.9. The summed E-state index contributed by atoms with van der Waals surface area (Å²) in [6.07, 6.45) is 0. The third-order valence-electron chi connectivity index (χ3n) is 3.19. The van der Waals surface area contributed by atoms with Crippen molar-refractivity contribution in [1.82, 2.24) is 9.78 Å². The number of nitrogen functional groups attached to an aromatic ring is 1. The molecule has 1 amide bonds. The van der Waals surface area contributed by atoms with Crippen LogP contribution in [0.3, 0.4) is 0 Å². The molecule has 0 saturated carbocycles. The molecule has 0 unspecified atom stereocenters. The van der Waals surface area contributed by atoms with Crippen molar-refractivity contribution in [3.8, 4) is 0 Å². The minimum Gasteiger partial charge on any atom is -0.397 e. The van der Waals surface area contributed by atoms with Crippen molar-refractivity contribution in [2.24, 2.45) is 7.05 Å². The Balaban J connectivity index is 1.96. The van der Waals surface area contributed by atoms with Gasteiger partial charge in [0, 0.05) is 17.8 Å². The van der Waals surface area contributed by atoms with Crippen molar-refractivity contribution in [2.75, 3.05) is 11.1 Å². The number of nitrogens with zero attached hydrogens (tertiary/aromatic N) is 2. The number of carbonyl (C=O) groups is 1. The van der Waals surface area contributed by atoms with E-state index in [9.17, 15) is 4.79 Å². The first-order chi connectivity index (χ1) is 9.97. The number of nitrogens with one attached hydrogen (secondary N) is 1. The normalized spacial score (nSPS) is 11.0. The highest BCUT2D eigenvalue weighted by Crippen LogP contribution is 2.35. The standard InChI is InChI=1S/C14H13ClN4OS/c1-7-10-11(16)12(21-14(10)19(2)18-7)13(20)17-9-5-3-8(15)4-6-9/h3-6H,16H2,1-2H3,(H,17,20). The maximum absolute atomic E-state index is 12.4. The van der Waals surface area contributed by atoms with E-state index in [0.29, 0.717) is 21.3 Å². The Morgan fingerprint density at radius 1 is 1.38 bits per heavy atom. The lowest BCUT2D eigenvalue weighted by atomic mass is 10.2. The van der Waals surface area contributed by atoms with Crippen LogP contribution in [-0.2, 0) is 7.05 Å². The summed E-state index contributed by atoms with van der Waals surface area (Å²) in [5, 5.41) is 8.60. The Morgan fingerprint density at radius 3 is 2.67 bits per heavy atom. The molecule has 0 atom stereocenters. The second-order valence-electron chi connectivity index (χ2n) is 4.70. The molecule has 0 saturated heterocycles. The number of rotatable bonds is 2. The molecule has 3 rings (SSSR count). The van der Waals surface area contributed by atoms with Crippen molar-refractivity contribution in [3.63, 3.8) is 0 Å². The second kappa shape index (κ2) is 5.05. The number of benzene rings is 1. The fourth-order valence-electron chi connectivity index (χ4n) is 2.22. The summed E-state index contributed by atoms with van der Waals surface area (Å²) in [6, 6.07) is 6.94. The van der Waals surface area contributed by atoms with Gasteiger partial charge >= 0.3 is 0 Å². The van der Waals surface area contributed by atoms with Gasteiger partial charge in [-0.1, -0.05) is 11.6 Å². The Kier molecular flexibility index (Phi) is 3.35. The van der Waals surface area contributed by atoms with Gasteiger partial charge in [-0.15, -0.1) is 11.3 Å². The van der Waals surface area contributed by atoms with Gasteiger partial charge in [-0.25, -0.2) is 0 Å². The number of fused-ring (bicyclic) bond motifs is 1. The van der Waals surface area contributed by atoms with Gasteiger partial charge in [-0.3, -0.25) is 9.48 Å². The van der Waals surface area contributed by atoms with E-state index in [1.165, 1.54) is 11.3 Å². The van der Waals surface area contributed by atoms with Crippen LogP contribution in [0.2, 0.25) is 5.02 Å². The highest BCUT2D eigenvalue weighted by Gasteiger charge is 2.20. The number of thiophene rings is 1. The minimum absolute atomic E-state index is 0.226. The van der Waals surface area contributed by atoms with Crippen molar-refractivity contribution in [3.05, 3.63) is 39.9 Å². The average Bonchev–Trinajstić information content (AvgIpc) is 2.92. The summed E-state index contributed by atoms with van der Waals surface area (Å²) in [7, 11) is 1.84. The Bertz CT molecular complexity index is 835. The van der Waals surface area contributed by atoms with Crippen LogP contribution in [-0.4, -0.2) is 15.7 Å². The minimum atomic E-state index is -0.226. The van der Waals surface area contributed by atoms with Gasteiger partial charge in [-0.05, 0) is 31.2 Å². The average molecular weight is 321 g/mol. The molecule has 0 radical (unpaired) electrons. The number of hydrogen-bond donors (Lipinski definition) is 2. The number of aromatic nitrogens is 2. The summed E-state index contributed by atoms with van der Waals surface area (Å²) >= 11 is 7.16. The molecule has 7 heteroatoms. The van der Waals surface area contributed by atoms with Crippen molar-refractivity contribution < 1.29 is 4.79 Å². The van der Waals surface area contributed by atoms with E-state index < -0.39 is 0 Å². The van der Waals surface area contributed by atoms with Crippen LogP contribution < -0.4 is 11.1 Å². The lowest BCUT2D eigenvalue weighted by Gasteiger charge is -2.04. The van der Waals surface area contributed by atoms with Crippen LogP contribution in [0.15, 0.2) is 24.3 Å². The number of nitrogens with two attached hydrogens (primary N) is 1. The molecule has 3 aromatic rings. The third kappa shape index (κ3) is 2.36. The van der Waals surface area contributed by atoms with E-state index in [1.54, 1.807) is 28.9 Å². The number of hydrogen-bond acceptors (Lipinski definition) is 4. The van der Waals surface area contributed by atoms with E-state index in [2.05, 4.69) is 10.4 Å². The molecular formula is C14H13ClN4OS. The molecule has 2 heterocycles. The lowest BCUT2D eigenvalue weighted by molar-refractivity contribution is 0.103. The largest absolute Gasteiger partial charge is 0.397 e. The molecule has 0 aliphatic rings. The monoisotopic (exact) mass is 320 g/mol. The number of halogens is 1. The van der Waals surface area contributed by atoms with Crippen LogP contribution in [0.4, 0.5) is 11.4 Å². The van der Waals surface area contributed by atoms with E-state index in [4.69, 9.17) is 17.3 Å². The molecule has 0 spiro atoms. The molecule has 0 fully saturated rings. The topological polar surface area (TPSA) is 72.9 Å². The van der Waals surface area contributed by atoms with Crippen molar-refractivity contribution >= 4 is 50.4 Å². The summed E-state index contributed by atoms with van der Waals surface area (Å²) < 4.78 is 1.74. The lowest BCUT2D eigenvalue weighted by Crippen LogP contribution is -2.11. The van der Waals surface area contributed by atoms with Gasteiger partial charge in [0.15, 0.2) is 0 Å². The molecule has 1 aromatic carbocycles. The fourth-order valence-corrected chi connectivity index (χ4v) is 3.43. The highest BCUT2D eigenvalue weighted by molar-refractivity contribution is 7.21. The smallest absolute Gasteiger partial charge is 0.267 e. The number of amides is 1. The number of carbonyl (C=O) groups excluding carboxylic acids is 1. The van der Waals surface area contributed by atoms with E-state index in [1.807, 2.05) is 14.0 Å². The maximum atomic E-state index is 12.4. The van der Waals surface area contributed by atoms with Gasteiger partial charge in [0.25, 0.3) is 5.91 Å². The second-order valence-corrected chi connectivity index (χ2v) is 6.13. The van der Waals surface area contributed by atoms with Gasteiger partial charge in [-0.2, -0.15) is 5.10 Å².